The summed E-state index contributed by atoms with van der Waals surface area (Å²) in [5.74, 6) is 2.96. The second-order valence-electron chi connectivity index (χ2n) is 7.05. The van der Waals surface area contributed by atoms with E-state index in [1.807, 2.05) is 60.7 Å². The Hall–Kier alpha value is -3.20. The number of hydrogen-bond donors (Lipinski definition) is 0. The minimum absolute atomic E-state index is 0.682. The van der Waals surface area contributed by atoms with Gasteiger partial charge in [-0.15, -0.1) is 0 Å². The molecule has 0 unspecified atom stereocenters. The molecule has 136 valence electrons. The summed E-state index contributed by atoms with van der Waals surface area (Å²) in [5.41, 5.74) is 1.18. The SMILES string of the molecule is N#CP(Cc1ccccc1)(c1ccccc1)(c1ccccc1)c1ccccc1. The van der Waals surface area contributed by atoms with Crippen LogP contribution in [0.15, 0.2) is 121 Å². The predicted molar refractivity (Wildman–Crippen MR) is 121 cm³/mol. The third kappa shape index (κ3) is 2.75. The molecule has 0 spiro atoms. The molecular weight excluding hydrogens is 357 g/mol. The van der Waals surface area contributed by atoms with Crippen molar-refractivity contribution in [1.82, 2.24) is 0 Å². The van der Waals surface area contributed by atoms with E-state index in [1.165, 1.54) is 5.56 Å². The molecule has 28 heavy (non-hydrogen) atoms. The molecule has 0 saturated carbocycles. The molecule has 0 aromatic heterocycles. The van der Waals surface area contributed by atoms with Gasteiger partial charge in [-0.2, -0.15) is 0 Å². The van der Waals surface area contributed by atoms with E-state index in [2.05, 4.69) is 66.5 Å². The Morgan fingerprint density at radius 1 is 0.500 bits per heavy atom. The summed E-state index contributed by atoms with van der Waals surface area (Å²) in [7, 11) is 0. The Bertz CT molecular complexity index is 985. The Balaban J connectivity index is 2.16. The van der Waals surface area contributed by atoms with Crippen LogP contribution in [0.25, 0.3) is 0 Å². The minimum atomic E-state index is -3.40. The van der Waals surface area contributed by atoms with Gasteiger partial charge in [0.15, 0.2) is 0 Å². The van der Waals surface area contributed by atoms with Gasteiger partial charge in [0, 0.05) is 0 Å². The van der Waals surface area contributed by atoms with Gasteiger partial charge < -0.3 is 0 Å². The molecular formula is C26H22NP. The van der Waals surface area contributed by atoms with E-state index in [4.69, 9.17) is 0 Å². The molecule has 0 radical (unpaired) electrons. The molecule has 0 atom stereocenters. The first-order chi connectivity index (χ1) is 13.8. The number of rotatable bonds is 5. The van der Waals surface area contributed by atoms with Crippen molar-refractivity contribution in [2.24, 2.45) is 0 Å². The molecule has 1 nitrogen and oxygen atoms in total. The Kier molecular flexibility index (Phi) is 4.82. The van der Waals surface area contributed by atoms with Crippen LogP contribution in [0, 0.1) is 11.1 Å². The zero-order valence-electron chi connectivity index (χ0n) is 15.6. The van der Waals surface area contributed by atoms with Crippen molar-refractivity contribution in [3.63, 3.8) is 0 Å². The number of nitriles is 1. The van der Waals surface area contributed by atoms with Crippen LogP contribution in [0.3, 0.4) is 0 Å². The van der Waals surface area contributed by atoms with Crippen molar-refractivity contribution in [3.8, 4) is 5.81 Å². The number of hydrogen-bond acceptors (Lipinski definition) is 1. The van der Waals surface area contributed by atoms with Crippen molar-refractivity contribution in [3.05, 3.63) is 127 Å². The summed E-state index contributed by atoms with van der Waals surface area (Å²) >= 11 is 0. The van der Waals surface area contributed by atoms with Gasteiger partial charge >= 0.3 is 167 Å². The maximum absolute atomic E-state index is 11.1. The van der Waals surface area contributed by atoms with Crippen LogP contribution in [0.4, 0.5) is 0 Å². The van der Waals surface area contributed by atoms with Crippen LogP contribution in [0.1, 0.15) is 5.56 Å². The van der Waals surface area contributed by atoms with Gasteiger partial charge in [-0.25, -0.2) is 0 Å². The van der Waals surface area contributed by atoms with E-state index in [0.29, 0.717) is 6.16 Å². The summed E-state index contributed by atoms with van der Waals surface area (Å²) in [6.07, 6.45) is 0.682. The van der Waals surface area contributed by atoms with E-state index in [0.717, 1.165) is 15.9 Å². The summed E-state index contributed by atoms with van der Waals surface area (Å²) in [4.78, 5) is 0. The molecule has 0 aliphatic rings. The molecule has 0 fully saturated rings. The van der Waals surface area contributed by atoms with Gasteiger partial charge in [0.1, 0.15) is 0 Å². The summed E-state index contributed by atoms with van der Waals surface area (Å²) in [6.45, 7) is -3.40. The van der Waals surface area contributed by atoms with Crippen LogP contribution in [-0.2, 0) is 6.16 Å². The van der Waals surface area contributed by atoms with E-state index in [-0.39, 0.29) is 0 Å². The zero-order valence-corrected chi connectivity index (χ0v) is 16.5. The molecule has 0 amide bonds. The van der Waals surface area contributed by atoms with Gasteiger partial charge in [-0.1, -0.05) is 0 Å². The molecule has 0 bridgehead atoms. The summed E-state index contributed by atoms with van der Waals surface area (Å²) in [6, 6.07) is 41.5. The van der Waals surface area contributed by atoms with Gasteiger partial charge in [0.2, 0.25) is 0 Å². The molecule has 2 heteroatoms. The Morgan fingerprint density at radius 2 is 0.821 bits per heavy atom. The van der Waals surface area contributed by atoms with Crippen molar-refractivity contribution in [2.75, 3.05) is 0 Å². The molecule has 0 aliphatic carbocycles. The van der Waals surface area contributed by atoms with Crippen molar-refractivity contribution < 1.29 is 0 Å². The van der Waals surface area contributed by atoms with Crippen LogP contribution in [-0.4, -0.2) is 0 Å². The quantitative estimate of drug-likeness (QED) is 0.437. The fourth-order valence-electron chi connectivity index (χ4n) is 4.15. The first-order valence-corrected chi connectivity index (χ1v) is 11.9. The fraction of sp³-hybridized carbons (Fsp3) is 0.0385. The first-order valence-electron chi connectivity index (χ1n) is 9.43. The molecule has 0 aliphatic heterocycles. The molecule has 0 saturated heterocycles. The van der Waals surface area contributed by atoms with E-state index in [9.17, 15) is 5.26 Å². The maximum atomic E-state index is 11.1. The van der Waals surface area contributed by atoms with E-state index >= 15 is 0 Å². The summed E-state index contributed by atoms with van der Waals surface area (Å²) < 4.78 is 0. The molecule has 0 N–H and O–H groups in total. The van der Waals surface area contributed by atoms with E-state index < -0.39 is 6.60 Å². The van der Waals surface area contributed by atoms with Crippen molar-refractivity contribution >= 4 is 22.5 Å². The molecule has 4 rings (SSSR count). The second-order valence-corrected chi connectivity index (χ2v) is 11.7. The topological polar surface area (TPSA) is 23.8 Å². The fourth-order valence-corrected chi connectivity index (χ4v) is 9.44. The first kappa shape index (κ1) is 18.2. The van der Waals surface area contributed by atoms with Gasteiger partial charge in [-0.3, -0.25) is 0 Å². The van der Waals surface area contributed by atoms with Crippen molar-refractivity contribution in [2.45, 2.75) is 6.16 Å². The predicted octanol–water partition coefficient (Wildman–Crippen LogP) is 5.20. The molecule has 4 aromatic carbocycles. The Morgan fingerprint density at radius 3 is 1.14 bits per heavy atom. The monoisotopic (exact) mass is 379 g/mol. The van der Waals surface area contributed by atoms with Gasteiger partial charge in [0.05, 0.1) is 0 Å². The standard InChI is InChI=1S/C26H22NP/c27-22-28(24-15-7-2-8-16-24,25-17-9-3-10-18-25,26-19-11-4-12-20-26)21-23-13-5-1-6-14-23/h1-20H,21H2. The molecule has 0 heterocycles. The van der Waals surface area contributed by atoms with Gasteiger partial charge in [-0.05, 0) is 0 Å². The second kappa shape index (κ2) is 7.43. The molecule has 4 aromatic rings. The van der Waals surface area contributed by atoms with Gasteiger partial charge in [0.25, 0.3) is 0 Å². The van der Waals surface area contributed by atoms with Crippen LogP contribution >= 0.6 is 6.60 Å². The Labute approximate surface area is 166 Å². The average molecular weight is 379 g/mol. The van der Waals surface area contributed by atoms with Crippen LogP contribution in [0.2, 0.25) is 0 Å². The third-order valence-electron chi connectivity index (χ3n) is 5.54. The number of benzene rings is 4. The normalized spacial score (nSPS) is 12.5. The van der Waals surface area contributed by atoms with Crippen LogP contribution < -0.4 is 15.9 Å². The summed E-state index contributed by atoms with van der Waals surface area (Å²) in [5, 5.41) is 14.4. The third-order valence-corrected chi connectivity index (χ3v) is 11.3. The van der Waals surface area contributed by atoms with Crippen LogP contribution in [0.5, 0.6) is 0 Å². The number of nitrogens with zero attached hydrogens (tertiary/aromatic N) is 1. The zero-order chi connectivity index (χ0) is 19.3. The van der Waals surface area contributed by atoms with E-state index in [1.54, 1.807) is 0 Å². The average Bonchev–Trinajstić information content (AvgIpc) is 2.80. The van der Waals surface area contributed by atoms with Crippen molar-refractivity contribution in [1.29, 1.82) is 5.26 Å².